The second-order valence-corrected chi connectivity index (χ2v) is 5.70. The van der Waals surface area contributed by atoms with Gasteiger partial charge in [-0.25, -0.2) is 4.98 Å². The molecule has 7 heteroatoms. The molecular formula is C13H17ClN4O2. The molecule has 2 rings (SSSR count). The lowest BCUT2D eigenvalue weighted by Gasteiger charge is -2.26. The highest BCUT2D eigenvalue weighted by molar-refractivity contribution is 6.20. The number of primary amides is 1. The molecule has 0 spiro atoms. The first-order valence-electron chi connectivity index (χ1n) is 6.17. The maximum absolute atomic E-state index is 11.8. The van der Waals surface area contributed by atoms with Gasteiger partial charge < -0.3 is 10.5 Å². The first-order chi connectivity index (χ1) is 9.28. The average molecular weight is 297 g/mol. The molecular weight excluding hydrogens is 280 g/mol. The highest BCUT2D eigenvalue weighted by atomic mass is 35.5. The molecule has 0 aliphatic heterocycles. The van der Waals surface area contributed by atoms with Gasteiger partial charge in [0.05, 0.1) is 12.5 Å². The van der Waals surface area contributed by atoms with Gasteiger partial charge in [-0.05, 0) is 26.8 Å². The number of alkyl halides is 1. The molecule has 0 aliphatic carbocycles. The highest BCUT2D eigenvalue weighted by Crippen LogP contribution is 2.30. The lowest BCUT2D eigenvalue weighted by molar-refractivity contribution is -0.125. The fourth-order valence-corrected chi connectivity index (χ4v) is 2.15. The van der Waals surface area contributed by atoms with E-state index in [-0.39, 0.29) is 5.38 Å². The summed E-state index contributed by atoms with van der Waals surface area (Å²) in [7, 11) is 1.53. The summed E-state index contributed by atoms with van der Waals surface area (Å²) in [4.78, 5) is 20.6. The van der Waals surface area contributed by atoms with Crippen molar-refractivity contribution in [2.24, 2.45) is 5.73 Å². The minimum absolute atomic E-state index is 0.381. The molecule has 1 unspecified atom stereocenters. The summed E-state index contributed by atoms with van der Waals surface area (Å²) in [6.45, 7) is 5.20. The van der Waals surface area contributed by atoms with Crippen LogP contribution in [0.25, 0.3) is 11.2 Å². The van der Waals surface area contributed by atoms with Crippen molar-refractivity contribution in [2.45, 2.75) is 31.7 Å². The van der Waals surface area contributed by atoms with Crippen molar-refractivity contribution in [1.82, 2.24) is 14.5 Å². The van der Waals surface area contributed by atoms with Crippen molar-refractivity contribution in [3.63, 3.8) is 0 Å². The van der Waals surface area contributed by atoms with Crippen molar-refractivity contribution < 1.29 is 9.53 Å². The second-order valence-electron chi connectivity index (χ2n) is 5.04. The van der Waals surface area contributed by atoms with Crippen LogP contribution >= 0.6 is 11.6 Å². The fourth-order valence-electron chi connectivity index (χ4n) is 2.00. The minimum atomic E-state index is -0.993. The zero-order chi connectivity index (χ0) is 15.1. The molecule has 2 aromatic rings. The van der Waals surface area contributed by atoms with E-state index in [2.05, 4.69) is 9.97 Å². The van der Waals surface area contributed by atoms with Crippen molar-refractivity contribution >= 4 is 28.7 Å². The molecule has 0 saturated carbocycles. The first-order valence-corrected chi connectivity index (χ1v) is 6.60. The van der Waals surface area contributed by atoms with Gasteiger partial charge in [-0.15, -0.1) is 11.6 Å². The van der Waals surface area contributed by atoms with Gasteiger partial charge >= 0.3 is 0 Å². The monoisotopic (exact) mass is 296 g/mol. The number of nitrogens with zero attached hydrogens (tertiary/aromatic N) is 3. The first kappa shape index (κ1) is 14.6. The van der Waals surface area contributed by atoms with Gasteiger partial charge in [0.25, 0.3) is 0 Å². The van der Waals surface area contributed by atoms with Crippen LogP contribution in [0.15, 0.2) is 12.1 Å². The third-order valence-electron chi connectivity index (χ3n) is 3.23. The van der Waals surface area contributed by atoms with E-state index in [4.69, 9.17) is 22.1 Å². The zero-order valence-corrected chi connectivity index (χ0v) is 12.6. The van der Waals surface area contributed by atoms with Crippen molar-refractivity contribution in [1.29, 1.82) is 0 Å². The van der Waals surface area contributed by atoms with E-state index < -0.39 is 11.4 Å². The van der Waals surface area contributed by atoms with Crippen molar-refractivity contribution in [3.8, 4) is 5.88 Å². The lowest BCUT2D eigenvalue weighted by Crippen LogP contribution is -2.42. The number of amides is 1. The molecule has 108 valence electrons. The SMILES string of the molecule is COc1ccc2nc(C(C)Cl)n(C(C)(C)C(N)=O)c2n1. The van der Waals surface area contributed by atoms with Gasteiger partial charge in [-0.3, -0.25) is 9.36 Å². The van der Waals surface area contributed by atoms with Crippen LogP contribution in [0.4, 0.5) is 0 Å². The van der Waals surface area contributed by atoms with Crippen LogP contribution in [0.2, 0.25) is 0 Å². The minimum Gasteiger partial charge on any atom is -0.481 e. The van der Waals surface area contributed by atoms with E-state index in [9.17, 15) is 4.79 Å². The topological polar surface area (TPSA) is 83.0 Å². The van der Waals surface area contributed by atoms with Gasteiger partial charge in [0.2, 0.25) is 11.8 Å². The normalized spacial score (nSPS) is 13.4. The summed E-state index contributed by atoms with van der Waals surface area (Å²) >= 11 is 6.17. The summed E-state index contributed by atoms with van der Waals surface area (Å²) < 4.78 is 6.79. The smallest absolute Gasteiger partial charge is 0.243 e. The molecule has 2 heterocycles. The molecule has 1 atom stereocenters. The van der Waals surface area contributed by atoms with Crippen LogP contribution in [0.5, 0.6) is 5.88 Å². The standard InChI is InChI=1S/C13H17ClN4O2/c1-7(14)10-16-8-5-6-9(20-4)17-11(8)18(10)13(2,3)12(15)19/h5-7H,1-4H3,(H2,15,19). The Bertz CT molecular complexity index is 664. The van der Waals surface area contributed by atoms with Crippen LogP contribution < -0.4 is 10.5 Å². The summed E-state index contributed by atoms with van der Waals surface area (Å²) in [5, 5.41) is -0.381. The Kier molecular flexibility index (Phi) is 3.60. The van der Waals surface area contributed by atoms with Crippen LogP contribution in [0, 0.1) is 0 Å². The number of pyridine rings is 1. The molecule has 0 bridgehead atoms. The van der Waals surface area contributed by atoms with E-state index in [1.54, 1.807) is 37.5 Å². The quantitative estimate of drug-likeness (QED) is 0.874. The van der Waals surface area contributed by atoms with Crippen molar-refractivity contribution in [3.05, 3.63) is 18.0 Å². The van der Waals surface area contributed by atoms with Gasteiger partial charge in [0.15, 0.2) is 5.65 Å². The van der Waals surface area contributed by atoms with Gasteiger partial charge in [-0.1, -0.05) is 0 Å². The van der Waals surface area contributed by atoms with Gasteiger partial charge in [-0.2, -0.15) is 4.98 Å². The fraction of sp³-hybridized carbons (Fsp3) is 0.462. The number of fused-ring (bicyclic) bond motifs is 1. The number of hydrogen-bond donors (Lipinski definition) is 1. The number of nitrogens with two attached hydrogens (primary N) is 1. The Morgan fingerprint density at radius 2 is 2.10 bits per heavy atom. The summed E-state index contributed by atoms with van der Waals surface area (Å²) in [6, 6.07) is 3.48. The average Bonchev–Trinajstić information content (AvgIpc) is 2.77. The van der Waals surface area contributed by atoms with Gasteiger partial charge in [0, 0.05) is 6.07 Å². The van der Waals surface area contributed by atoms with Gasteiger partial charge in [0.1, 0.15) is 16.9 Å². The summed E-state index contributed by atoms with van der Waals surface area (Å²) in [5.74, 6) is 0.499. The molecule has 0 aliphatic rings. The van der Waals surface area contributed by atoms with Crippen molar-refractivity contribution in [2.75, 3.05) is 7.11 Å². The molecule has 6 nitrogen and oxygen atoms in total. The van der Waals surface area contributed by atoms with E-state index in [1.165, 1.54) is 7.11 Å². The molecule has 0 fully saturated rings. The number of carbonyl (C=O) groups excluding carboxylic acids is 1. The van der Waals surface area contributed by atoms with Crippen LogP contribution in [0.1, 0.15) is 32.0 Å². The predicted molar refractivity (Wildman–Crippen MR) is 76.9 cm³/mol. The number of ether oxygens (including phenoxy) is 1. The number of methoxy groups -OCH3 is 1. The largest absolute Gasteiger partial charge is 0.481 e. The summed E-state index contributed by atoms with van der Waals surface area (Å²) in [5.41, 5.74) is 5.67. The number of imidazole rings is 1. The van der Waals surface area contributed by atoms with Crippen LogP contribution in [-0.4, -0.2) is 27.6 Å². The Morgan fingerprint density at radius 3 is 2.60 bits per heavy atom. The Balaban J connectivity index is 2.83. The maximum Gasteiger partial charge on any atom is 0.243 e. The number of carbonyl (C=O) groups is 1. The maximum atomic E-state index is 11.8. The number of aromatic nitrogens is 3. The lowest BCUT2D eigenvalue weighted by atomic mass is 10.0. The number of hydrogen-bond acceptors (Lipinski definition) is 4. The molecule has 0 radical (unpaired) electrons. The molecule has 2 aromatic heterocycles. The second kappa shape index (κ2) is 4.94. The van der Waals surface area contributed by atoms with Crippen LogP contribution in [-0.2, 0) is 10.3 Å². The molecule has 2 N–H and O–H groups in total. The number of rotatable bonds is 4. The zero-order valence-electron chi connectivity index (χ0n) is 11.8. The molecule has 0 aromatic carbocycles. The third kappa shape index (κ3) is 2.20. The number of halogens is 1. The third-order valence-corrected chi connectivity index (χ3v) is 3.43. The van der Waals surface area contributed by atoms with E-state index in [0.29, 0.717) is 22.9 Å². The Morgan fingerprint density at radius 1 is 1.45 bits per heavy atom. The summed E-state index contributed by atoms with van der Waals surface area (Å²) in [6.07, 6.45) is 0. The van der Waals surface area contributed by atoms with E-state index in [0.717, 1.165) is 0 Å². The molecule has 0 saturated heterocycles. The van der Waals surface area contributed by atoms with E-state index in [1.807, 2.05) is 0 Å². The molecule has 1 amide bonds. The van der Waals surface area contributed by atoms with Crippen LogP contribution in [0.3, 0.4) is 0 Å². The molecule has 20 heavy (non-hydrogen) atoms. The predicted octanol–water partition coefficient (Wildman–Crippen LogP) is 1.96. The Labute approximate surface area is 121 Å². The highest BCUT2D eigenvalue weighted by Gasteiger charge is 2.33. The Hall–Kier alpha value is -1.82. The van der Waals surface area contributed by atoms with E-state index >= 15 is 0 Å².